The minimum Gasteiger partial charge on any atom is -0.456 e. The lowest BCUT2D eigenvalue weighted by atomic mass is 10.1. The predicted molar refractivity (Wildman–Crippen MR) is 197 cm³/mol. The molecule has 0 aliphatic heterocycles. The number of benzene rings is 7. The second kappa shape index (κ2) is 10.7. The number of furan rings is 1. The van der Waals surface area contributed by atoms with Gasteiger partial charge in [0.15, 0.2) is 17.5 Å². The van der Waals surface area contributed by atoms with Crippen LogP contribution in [0.25, 0.3) is 98.4 Å². The van der Waals surface area contributed by atoms with Crippen LogP contribution in [0.3, 0.4) is 0 Å². The summed E-state index contributed by atoms with van der Waals surface area (Å²) < 4.78 is 7.59. The fourth-order valence-corrected chi connectivity index (χ4v) is 7.44. The molecular formula is C42H24N4OS. The molecule has 0 fully saturated rings. The molecular weight excluding hydrogens is 609 g/mol. The van der Waals surface area contributed by atoms with E-state index in [1.54, 1.807) is 11.3 Å². The molecule has 10 rings (SSSR count). The molecule has 48 heavy (non-hydrogen) atoms. The van der Waals surface area contributed by atoms with Gasteiger partial charge in [0.05, 0.1) is 10.2 Å². The number of fused-ring (bicyclic) bond motifs is 6. The Kier molecular flexibility index (Phi) is 5.98. The van der Waals surface area contributed by atoms with Crippen molar-refractivity contribution in [2.45, 2.75) is 0 Å². The van der Waals surface area contributed by atoms with Crippen LogP contribution < -0.4 is 0 Å². The number of nitrogens with zero attached hydrogens (tertiary/aromatic N) is 4. The summed E-state index contributed by atoms with van der Waals surface area (Å²) in [5, 5.41) is 7.86. The molecule has 0 saturated heterocycles. The summed E-state index contributed by atoms with van der Waals surface area (Å²) in [6.45, 7) is 0. The molecule has 0 saturated carbocycles. The quantitative estimate of drug-likeness (QED) is 0.193. The molecule has 0 aliphatic rings. The second-order valence-corrected chi connectivity index (χ2v) is 13.0. The number of rotatable bonds is 4. The van der Waals surface area contributed by atoms with Crippen molar-refractivity contribution in [3.8, 4) is 44.7 Å². The first-order valence-electron chi connectivity index (χ1n) is 15.8. The molecule has 5 nitrogen and oxygen atoms in total. The van der Waals surface area contributed by atoms with E-state index in [1.807, 2.05) is 48.5 Å². The SMILES string of the molecule is c1ccc(-c2nc(-c3ccc4ccccc4c3)nc(-c3ccc4c(c3)oc3cc5nc(-c6ccc7ccccc7c6)sc5cc34)n2)cc1. The van der Waals surface area contributed by atoms with Crippen molar-refractivity contribution in [2.75, 3.05) is 0 Å². The molecule has 0 unspecified atom stereocenters. The van der Waals surface area contributed by atoms with Gasteiger partial charge in [0.2, 0.25) is 0 Å². The van der Waals surface area contributed by atoms with Crippen LogP contribution in [0.15, 0.2) is 150 Å². The minimum atomic E-state index is 0.594. The van der Waals surface area contributed by atoms with Gasteiger partial charge in [-0.15, -0.1) is 11.3 Å². The topological polar surface area (TPSA) is 64.7 Å². The Hall–Kier alpha value is -6.24. The zero-order valence-corrected chi connectivity index (χ0v) is 26.3. The minimum absolute atomic E-state index is 0.594. The van der Waals surface area contributed by atoms with E-state index >= 15 is 0 Å². The predicted octanol–water partition coefficient (Wildman–Crippen LogP) is 11.4. The van der Waals surface area contributed by atoms with Gasteiger partial charge in [-0.1, -0.05) is 109 Å². The smallest absolute Gasteiger partial charge is 0.164 e. The Morgan fingerprint density at radius 2 is 0.958 bits per heavy atom. The van der Waals surface area contributed by atoms with Crippen LogP contribution in [0.1, 0.15) is 0 Å². The Balaban J connectivity index is 1.08. The van der Waals surface area contributed by atoms with Crippen molar-refractivity contribution in [2.24, 2.45) is 0 Å². The number of thiazole rings is 1. The van der Waals surface area contributed by atoms with E-state index < -0.39 is 0 Å². The third kappa shape index (κ3) is 4.54. The maximum absolute atomic E-state index is 6.47. The lowest BCUT2D eigenvalue weighted by molar-refractivity contribution is 0.669. The molecule has 0 atom stereocenters. The van der Waals surface area contributed by atoms with Gasteiger partial charge >= 0.3 is 0 Å². The van der Waals surface area contributed by atoms with E-state index in [2.05, 4.69) is 97.1 Å². The molecule has 0 bridgehead atoms. The summed E-state index contributed by atoms with van der Waals surface area (Å²) in [5.74, 6) is 1.85. The molecule has 0 spiro atoms. The molecule has 3 heterocycles. The van der Waals surface area contributed by atoms with Crippen molar-refractivity contribution >= 4 is 65.0 Å². The fourth-order valence-electron chi connectivity index (χ4n) is 6.46. The van der Waals surface area contributed by atoms with Crippen LogP contribution in [0.4, 0.5) is 0 Å². The second-order valence-electron chi connectivity index (χ2n) is 11.9. The molecule has 6 heteroatoms. The maximum atomic E-state index is 6.47. The van der Waals surface area contributed by atoms with Crippen LogP contribution in [0.5, 0.6) is 0 Å². The zero-order chi connectivity index (χ0) is 31.6. The monoisotopic (exact) mass is 632 g/mol. The molecule has 10 aromatic rings. The van der Waals surface area contributed by atoms with Crippen molar-refractivity contribution in [1.82, 2.24) is 19.9 Å². The highest BCUT2D eigenvalue weighted by atomic mass is 32.1. The van der Waals surface area contributed by atoms with Gasteiger partial charge in [0, 0.05) is 39.1 Å². The van der Waals surface area contributed by atoms with E-state index in [0.717, 1.165) is 64.8 Å². The van der Waals surface area contributed by atoms with Crippen molar-refractivity contribution < 1.29 is 4.42 Å². The lowest BCUT2D eigenvalue weighted by Gasteiger charge is -2.09. The average Bonchev–Trinajstić information content (AvgIpc) is 3.73. The highest BCUT2D eigenvalue weighted by Gasteiger charge is 2.17. The number of hydrogen-bond donors (Lipinski definition) is 0. The van der Waals surface area contributed by atoms with Gasteiger partial charge in [-0.3, -0.25) is 0 Å². The first kappa shape index (κ1) is 26.9. The van der Waals surface area contributed by atoms with E-state index in [1.165, 1.54) is 16.2 Å². The Bertz CT molecular complexity index is 2860. The zero-order valence-electron chi connectivity index (χ0n) is 25.5. The molecule has 0 amide bonds. The Morgan fingerprint density at radius 3 is 1.69 bits per heavy atom. The van der Waals surface area contributed by atoms with E-state index in [0.29, 0.717) is 17.5 Å². The highest BCUT2D eigenvalue weighted by Crippen LogP contribution is 2.38. The van der Waals surface area contributed by atoms with Crippen molar-refractivity contribution in [1.29, 1.82) is 0 Å². The first-order valence-corrected chi connectivity index (χ1v) is 16.6. The summed E-state index contributed by atoms with van der Waals surface area (Å²) in [7, 11) is 0. The van der Waals surface area contributed by atoms with Crippen molar-refractivity contribution in [3.05, 3.63) is 146 Å². The summed E-state index contributed by atoms with van der Waals surface area (Å²) in [5.41, 5.74) is 6.38. The summed E-state index contributed by atoms with van der Waals surface area (Å²) >= 11 is 1.71. The third-order valence-corrected chi connectivity index (χ3v) is 9.98. The summed E-state index contributed by atoms with van der Waals surface area (Å²) in [4.78, 5) is 19.9. The van der Waals surface area contributed by atoms with Gasteiger partial charge in [0.1, 0.15) is 16.2 Å². The van der Waals surface area contributed by atoms with Crippen LogP contribution in [-0.4, -0.2) is 19.9 Å². The molecule has 0 aliphatic carbocycles. The van der Waals surface area contributed by atoms with Crippen molar-refractivity contribution in [3.63, 3.8) is 0 Å². The molecule has 3 aromatic heterocycles. The van der Waals surface area contributed by atoms with Crippen LogP contribution in [0, 0.1) is 0 Å². The lowest BCUT2D eigenvalue weighted by Crippen LogP contribution is -2.00. The van der Waals surface area contributed by atoms with Gasteiger partial charge in [-0.2, -0.15) is 0 Å². The first-order chi connectivity index (χ1) is 23.7. The normalized spacial score (nSPS) is 11.8. The fraction of sp³-hybridized carbons (Fsp3) is 0. The average molecular weight is 633 g/mol. The van der Waals surface area contributed by atoms with E-state index in [4.69, 9.17) is 24.4 Å². The molecule has 0 radical (unpaired) electrons. The maximum Gasteiger partial charge on any atom is 0.164 e. The van der Waals surface area contributed by atoms with Crippen LogP contribution in [0.2, 0.25) is 0 Å². The van der Waals surface area contributed by atoms with Gasteiger partial charge < -0.3 is 4.42 Å². The van der Waals surface area contributed by atoms with Gasteiger partial charge in [-0.25, -0.2) is 19.9 Å². The molecule has 224 valence electrons. The van der Waals surface area contributed by atoms with Crippen LogP contribution in [-0.2, 0) is 0 Å². The number of aromatic nitrogens is 4. The highest BCUT2D eigenvalue weighted by molar-refractivity contribution is 7.21. The summed E-state index contributed by atoms with van der Waals surface area (Å²) in [6, 6.07) is 50.1. The molecule has 0 N–H and O–H groups in total. The standard InChI is InChI=1S/C42H24N4OS/c1-2-10-27(11-3-1)39-44-40(30-16-14-25-8-4-6-12-28(25)20-30)46-41(45-39)31-18-19-33-34-23-38-35(24-37(34)47-36(33)22-31)43-42(48-38)32-17-15-26-9-5-7-13-29(26)21-32/h1-24H. The molecule has 7 aromatic carbocycles. The van der Waals surface area contributed by atoms with Gasteiger partial charge in [-0.05, 0) is 51.9 Å². The Labute approximate surface area is 278 Å². The van der Waals surface area contributed by atoms with E-state index in [9.17, 15) is 0 Å². The van der Waals surface area contributed by atoms with Crippen LogP contribution >= 0.6 is 11.3 Å². The summed E-state index contributed by atoms with van der Waals surface area (Å²) in [6.07, 6.45) is 0. The van der Waals surface area contributed by atoms with Gasteiger partial charge in [0.25, 0.3) is 0 Å². The largest absolute Gasteiger partial charge is 0.456 e. The van der Waals surface area contributed by atoms with E-state index in [-0.39, 0.29) is 0 Å². The Morgan fingerprint density at radius 1 is 0.396 bits per heavy atom. The third-order valence-electron chi connectivity index (χ3n) is 8.91. The number of hydrogen-bond acceptors (Lipinski definition) is 6.